The number of hydrogen-bond donors (Lipinski definition) is 1. The van der Waals surface area contributed by atoms with Gasteiger partial charge in [-0.3, -0.25) is 9.59 Å². The first kappa shape index (κ1) is 22.5. The maximum Gasteiger partial charge on any atom is 0.326 e. The molecule has 0 spiro atoms. The summed E-state index contributed by atoms with van der Waals surface area (Å²) in [6.07, 6.45) is 3.02. The van der Waals surface area contributed by atoms with Gasteiger partial charge in [-0.05, 0) is 52.4 Å². The normalized spacial score (nSPS) is 20.1. The van der Waals surface area contributed by atoms with Crippen molar-refractivity contribution in [2.75, 3.05) is 6.54 Å². The van der Waals surface area contributed by atoms with Gasteiger partial charge in [0.1, 0.15) is 11.6 Å². The molecule has 0 aromatic carbocycles. The van der Waals surface area contributed by atoms with Crippen molar-refractivity contribution < 1.29 is 24.2 Å². The Balaban J connectivity index is 3.12. The average molecular weight is 370 g/mol. The summed E-state index contributed by atoms with van der Waals surface area (Å²) in [5, 5.41) is 9.41. The predicted molar refractivity (Wildman–Crippen MR) is 99.6 cm³/mol. The van der Waals surface area contributed by atoms with E-state index in [9.17, 15) is 19.5 Å². The van der Waals surface area contributed by atoms with Crippen LogP contribution in [0.15, 0.2) is 0 Å². The summed E-state index contributed by atoms with van der Waals surface area (Å²) in [5.74, 6) is -2.40. The molecule has 0 saturated carbocycles. The number of carboxylic acid groups (broad SMARTS) is 1. The Labute approximate surface area is 157 Å². The van der Waals surface area contributed by atoms with E-state index in [1.807, 2.05) is 41.5 Å². The Morgan fingerprint density at radius 3 is 2.27 bits per heavy atom. The summed E-state index contributed by atoms with van der Waals surface area (Å²) in [4.78, 5) is 39.0. The number of ether oxygens (including phenoxy) is 1. The molecule has 0 aliphatic carbocycles. The van der Waals surface area contributed by atoms with Gasteiger partial charge in [0.05, 0.1) is 11.8 Å². The standard InChI is InChI=1S/C20H35NO5/c1-7-9-14(19(25)26-20(4,5)6)15(12-13(2)3)17(22)21-11-8-10-16(21)18(23)24/h13-16H,7-12H2,1-6H3,(H,23,24)/t14?,15-,16+/m1/s1. The van der Waals surface area contributed by atoms with Gasteiger partial charge in [-0.2, -0.15) is 0 Å². The van der Waals surface area contributed by atoms with E-state index in [2.05, 4.69) is 0 Å². The molecule has 1 aliphatic heterocycles. The molecule has 0 radical (unpaired) electrons. The maximum absolute atomic E-state index is 13.2. The number of amides is 1. The number of carbonyl (C=O) groups excluding carboxylic acids is 2. The highest BCUT2D eigenvalue weighted by molar-refractivity contribution is 5.89. The third-order valence-corrected chi connectivity index (χ3v) is 4.66. The molecule has 0 bridgehead atoms. The van der Waals surface area contributed by atoms with E-state index in [0.717, 1.165) is 6.42 Å². The van der Waals surface area contributed by atoms with Gasteiger partial charge >= 0.3 is 11.9 Å². The quantitative estimate of drug-likeness (QED) is 0.662. The summed E-state index contributed by atoms with van der Waals surface area (Å²) >= 11 is 0. The maximum atomic E-state index is 13.2. The molecule has 1 rings (SSSR count). The van der Waals surface area contributed by atoms with Crippen molar-refractivity contribution in [3.63, 3.8) is 0 Å². The van der Waals surface area contributed by atoms with E-state index in [-0.39, 0.29) is 17.8 Å². The molecule has 0 aromatic rings. The first-order valence-corrected chi connectivity index (χ1v) is 9.74. The summed E-state index contributed by atoms with van der Waals surface area (Å²) in [5.41, 5.74) is -0.619. The summed E-state index contributed by atoms with van der Waals surface area (Å²) < 4.78 is 5.58. The fourth-order valence-corrected chi connectivity index (χ4v) is 3.62. The zero-order valence-electron chi connectivity index (χ0n) is 17.1. The van der Waals surface area contributed by atoms with E-state index in [1.165, 1.54) is 4.90 Å². The smallest absolute Gasteiger partial charge is 0.326 e. The van der Waals surface area contributed by atoms with Gasteiger partial charge in [-0.15, -0.1) is 0 Å². The Kier molecular flexibility index (Phi) is 8.10. The highest BCUT2D eigenvalue weighted by Crippen LogP contribution is 2.32. The molecule has 6 nitrogen and oxygen atoms in total. The van der Waals surface area contributed by atoms with Crippen molar-refractivity contribution in [1.29, 1.82) is 0 Å². The molecule has 1 fully saturated rings. The second-order valence-corrected chi connectivity index (χ2v) is 8.69. The summed E-state index contributed by atoms with van der Waals surface area (Å²) in [6, 6.07) is -0.780. The van der Waals surface area contributed by atoms with Gasteiger partial charge in [0.15, 0.2) is 0 Å². The van der Waals surface area contributed by atoms with Crippen LogP contribution in [0.25, 0.3) is 0 Å². The van der Waals surface area contributed by atoms with Crippen LogP contribution < -0.4 is 0 Å². The molecule has 3 atom stereocenters. The van der Waals surface area contributed by atoms with Crippen LogP contribution in [-0.4, -0.2) is 46.0 Å². The molecule has 1 aliphatic rings. The fraction of sp³-hybridized carbons (Fsp3) is 0.850. The summed E-state index contributed by atoms with van der Waals surface area (Å²) in [6.45, 7) is 11.9. The van der Waals surface area contributed by atoms with Crippen molar-refractivity contribution in [2.24, 2.45) is 17.8 Å². The lowest BCUT2D eigenvalue weighted by Crippen LogP contribution is -2.47. The van der Waals surface area contributed by atoms with Crippen molar-refractivity contribution in [2.45, 2.75) is 85.3 Å². The van der Waals surface area contributed by atoms with Crippen LogP contribution in [0.5, 0.6) is 0 Å². The third kappa shape index (κ3) is 6.29. The number of likely N-dealkylation sites (tertiary alicyclic amines) is 1. The van der Waals surface area contributed by atoms with Crippen LogP contribution in [0.2, 0.25) is 0 Å². The van der Waals surface area contributed by atoms with E-state index in [4.69, 9.17) is 4.74 Å². The first-order chi connectivity index (χ1) is 12.0. The minimum absolute atomic E-state index is 0.215. The number of aliphatic carboxylic acids is 1. The molecule has 26 heavy (non-hydrogen) atoms. The number of esters is 1. The zero-order chi connectivity index (χ0) is 20.1. The molecule has 6 heteroatoms. The topological polar surface area (TPSA) is 83.9 Å². The molecule has 1 heterocycles. The Morgan fingerprint density at radius 1 is 1.19 bits per heavy atom. The van der Waals surface area contributed by atoms with Crippen LogP contribution in [0.3, 0.4) is 0 Å². The van der Waals surface area contributed by atoms with Crippen LogP contribution in [0, 0.1) is 17.8 Å². The zero-order valence-corrected chi connectivity index (χ0v) is 17.1. The van der Waals surface area contributed by atoms with Gasteiger partial charge in [0, 0.05) is 6.54 Å². The lowest BCUT2D eigenvalue weighted by atomic mass is 9.81. The molecule has 1 unspecified atom stereocenters. The minimum Gasteiger partial charge on any atom is -0.480 e. The minimum atomic E-state index is -0.969. The van der Waals surface area contributed by atoms with Gasteiger partial charge in [0.2, 0.25) is 5.91 Å². The average Bonchev–Trinajstić information content (AvgIpc) is 2.97. The fourth-order valence-electron chi connectivity index (χ4n) is 3.62. The van der Waals surface area contributed by atoms with Crippen LogP contribution in [0.1, 0.15) is 73.6 Å². The van der Waals surface area contributed by atoms with E-state index < -0.39 is 29.4 Å². The number of hydrogen-bond acceptors (Lipinski definition) is 4. The molecule has 1 N–H and O–H groups in total. The van der Waals surface area contributed by atoms with Crippen LogP contribution in [0.4, 0.5) is 0 Å². The van der Waals surface area contributed by atoms with Gasteiger partial charge < -0.3 is 14.7 Å². The lowest BCUT2D eigenvalue weighted by molar-refractivity contribution is -0.166. The largest absolute Gasteiger partial charge is 0.480 e. The Bertz CT molecular complexity index is 509. The Hall–Kier alpha value is -1.59. The molecule has 150 valence electrons. The van der Waals surface area contributed by atoms with Crippen molar-refractivity contribution in [1.82, 2.24) is 4.90 Å². The van der Waals surface area contributed by atoms with Crippen LogP contribution >= 0.6 is 0 Å². The Morgan fingerprint density at radius 2 is 1.81 bits per heavy atom. The van der Waals surface area contributed by atoms with E-state index in [0.29, 0.717) is 32.2 Å². The first-order valence-electron chi connectivity index (χ1n) is 9.74. The molecule has 1 amide bonds. The monoisotopic (exact) mass is 369 g/mol. The van der Waals surface area contributed by atoms with Crippen molar-refractivity contribution >= 4 is 17.8 Å². The molecule has 0 aromatic heterocycles. The summed E-state index contributed by atoms with van der Waals surface area (Å²) in [7, 11) is 0. The van der Waals surface area contributed by atoms with Gasteiger partial charge in [-0.1, -0.05) is 27.2 Å². The number of carbonyl (C=O) groups is 3. The van der Waals surface area contributed by atoms with E-state index in [1.54, 1.807) is 0 Å². The van der Waals surface area contributed by atoms with Gasteiger partial charge in [-0.25, -0.2) is 4.79 Å². The van der Waals surface area contributed by atoms with Crippen LogP contribution in [-0.2, 0) is 19.1 Å². The molecular weight excluding hydrogens is 334 g/mol. The number of nitrogens with zero attached hydrogens (tertiary/aromatic N) is 1. The SMILES string of the molecule is CCCC(C(=O)OC(C)(C)C)[C@@H](CC(C)C)C(=O)N1CCC[C@H]1C(=O)O. The van der Waals surface area contributed by atoms with E-state index >= 15 is 0 Å². The van der Waals surface area contributed by atoms with Gasteiger partial charge in [0.25, 0.3) is 0 Å². The highest BCUT2D eigenvalue weighted by atomic mass is 16.6. The second-order valence-electron chi connectivity index (χ2n) is 8.69. The van der Waals surface area contributed by atoms with Crippen molar-refractivity contribution in [3.05, 3.63) is 0 Å². The predicted octanol–water partition coefficient (Wildman–Crippen LogP) is 3.48. The second kappa shape index (κ2) is 9.38. The third-order valence-electron chi connectivity index (χ3n) is 4.66. The number of rotatable bonds is 8. The van der Waals surface area contributed by atoms with Crippen molar-refractivity contribution in [3.8, 4) is 0 Å². The lowest BCUT2D eigenvalue weighted by Gasteiger charge is -2.33. The highest BCUT2D eigenvalue weighted by Gasteiger charge is 2.42. The molecule has 1 saturated heterocycles. The number of carboxylic acids is 1. The molecular formula is C20H35NO5.